The molecule has 2 unspecified atom stereocenters. The predicted molar refractivity (Wildman–Crippen MR) is 79.7 cm³/mol. The number of aryl methyl sites for hydroxylation is 1. The molecule has 3 heteroatoms. The van der Waals surface area contributed by atoms with Crippen molar-refractivity contribution in [3.8, 4) is 5.75 Å². The number of rotatable bonds is 5. The summed E-state index contributed by atoms with van der Waals surface area (Å²) in [6.45, 7) is 2.27. The van der Waals surface area contributed by atoms with Crippen molar-refractivity contribution in [1.82, 2.24) is 5.32 Å². The fourth-order valence-electron chi connectivity index (χ4n) is 2.73. The van der Waals surface area contributed by atoms with E-state index >= 15 is 0 Å². The molecule has 0 aromatic heterocycles. The van der Waals surface area contributed by atoms with Gasteiger partial charge in [-0.2, -0.15) is 11.8 Å². The summed E-state index contributed by atoms with van der Waals surface area (Å²) in [6, 6.07) is 7.59. The summed E-state index contributed by atoms with van der Waals surface area (Å²) in [6.07, 6.45) is 5.86. The minimum absolute atomic E-state index is 0.516. The van der Waals surface area contributed by atoms with Crippen molar-refractivity contribution >= 4 is 11.8 Å². The lowest BCUT2D eigenvalue weighted by Gasteiger charge is -2.29. The Morgan fingerprint density at radius 1 is 1.50 bits per heavy atom. The van der Waals surface area contributed by atoms with Crippen LogP contribution in [-0.4, -0.2) is 25.2 Å². The fourth-order valence-corrected chi connectivity index (χ4v) is 3.33. The van der Waals surface area contributed by atoms with Crippen LogP contribution in [0.4, 0.5) is 0 Å². The van der Waals surface area contributed by atoms with Crippen LogP contribution in [0, 0.1) is 0 Å². The van der Waals surface area contributed by atoms with E-state index in [9.17, 15) is 0 Å². The molecule has 0 spiro atoms. The molecule has 0 aliphatic heterocycles. The summed E-state index contributed by atoms with van der Waals surface area (Å²) in [5.41, 5.74) is 2.92. The molecule has 1 aliphatic carbocycles. The minimum Gasteiger partial charge on any atom is -0.497 e. The van der Waals surface area contributed by atoms with Gasteiger partial charge in [0, 0.05) is 17.8 Å². The molecule has 1 N–H and O–H groups in total. The topological polar surface area (TPSA) is 21.3 Å². The molecule has 18 heavy (non-hydrogen) atoms. The van der Waals surface area contributed by atoms with Crippen LogP contribution in [0.5, 0.6) is 5.75 Å². The van der Waals surface area contributed by atoms with Crippen molar-refractivity contribution in [2.45, 2.75) is 38.3 Å². The molecule has 0 saturated carbocycles. The van der Waals surface area contributed by atoms with Gasteiger partial charge in [-0.25, -0.2) is 0 Å². The third-order valence-corrected chi connectivity index (χ3v) is 4.40. The van der Waals surface area contributed by atoms with Crippen molar-refractivity contribution in [2.75, 3.05) is 19.1 Å². The number of nitrogens with one attached hydrogen (secondary N) is 1. The lowest BCUT2D eigenvalue weighted by atomic mass is 9.87. The molecule has 2 atom stereocenters. The van der Waals surface area contributed by atoms with Crippen LogP contribution in [0.3, 0.4) is 0 Å². The molecule has 1 aromatic carbocycles. The summed E-state index contributed by atoms with van der Waals surface area (Å²) in [5, 5.41) is 3.75. The molecule has 0 fully saturated rings. The first-order valence-electron chi connectivity index (χ1n) is 6.66. The average Bonchev–Trinajstić information content (AvgIpc) is 2.38. The molecule has 1 aromatic rings. The fraction of sp³-hybridized carbons (Fsp3) is 0.600. The third-order valence-electron chi connectivity index (χ3n) is 3.57. The van der Waals surface area contributed by atoms with Crippen molar-refractivity contribution in [3.63, 3.8) is 0 Å². The van der Waals surface area contributed by atoms with Crippen molar-refractivity contribution < 1.29 is 4.74 Å². The Labute approximate surface area is 114 Å². The molecule has 1 aliphatic rings. The second-order valence-corrected chi connectivity index (χ2v) is 5.94. The van der Waals surface area contributed by atoms with E-state index in [1.165, 1.54) is 36.1 Å². The van der Waals surface area contributed by atoms with Gasteiger partial charge < -0.3 is 10.1 Å². The summed E-state index contributed by atoms with van der Waals surface area (Å²) in [4.78, 5) is 0. The van der Waals surface area contributed by atoms with Gasteiger partial charge in [0.15, 0.2) is 0 Å². The van der Waals surface area contributed by atoms with Gasteiger partial charge >= 0.3 is 0 Å². The van der Waals surface area contributed by atoms with E-state index in [2.05, 4.69) is 36.7 Å². The van der Waals surface area contributed by atoms with E-state index in [4.69, 9.17) is 4.74 Å². The van der Waals surface area contributed by atoms with Gasteiger partial charge in [-0.15, -0.1) is 0 Å². The zero-order chi connectivity index (χ0) is 13.0. The highest BCUT2D eigenvalue weighted by molar-refractivity contribution is 7.98. The third kappa shape index (κ3) is 3.21. The quantitative estimate of drug-likeness (QED) is 0.881. The average molecular weight is 265 g/mol. The normalized spacial score (nSPS) is 20.3. The maximum absolute atomic E-state index is 5.31. The highest BCUT2D eigenvalue weighted by atomic mass is 32.2. The number of ether oxygens (including phenoxy) is 1. The van der Waals surface area contributed by atoms with E-state index in [0.717, 1.165) is 5.75 Å². The zero-order valence-corrected chi connectivity index (χ0v) is 12.3. The maximum atomic E-state index is 5.31. The van der Waals surface area contributed by atoms with Crippen LogP contribution >= 0.6 is 11.8 Å². The van der Waals surface area contributed by atoms with Gasteiger partial charge in [0.1, 0.15) is 5.75 Å². The summed E-state index contributed by atoms with van der Waals surface area (Å²) >= 11 is 1.90. The summed E-state index contributed by atoms with van der Waals surface area (Å²) in [7, 11) is 1.74. The number of benzene rings is 1. The minimum atomic E-state index is 0.516. The van der Waals surface area contributed by atoms with Gasteiger partial charge in [-0.05, 0) is 55.7 Å². The molecule has 0 saturated heterocycles. The van der Waals surface area contributed by atoms with Crippen LogP contribution in [0.1, 0.15) is 36.9 Å². The van der Waals surface area contributed by atoms with Gasteiger partial charge in [-0.1, -0.05) is 6.07 Å². The second-order valence-electron chi connectivity index (χ2n) is 5.03. The number of thioether (sulfide) groups is 1. The second kappa shape index (κ2) is 6.48. The van der Waals surface area contributed by atoms with Crippen molar-refractivity contribution in [2.24, 2.45) is 0 Å². The number of hydrogen-bond donors (Lipinski definition) is 1. The zero-order valence-electron chi connectivity index (χ0n) is 11.5. The van der Waals surface area contributed by atoms with Gasteiger partial charge in [0.05, 0.1) is 7.11 Å². The van der Waals surface area contributed by atoms with Crippen LogP contribution in [0.2, 0.25) is 0 Å². The van der Waals surface area contributed by atoms with E-state index in [1.807, 2.05) is 11.8 Å². The van der Waals surface area contributed by atoms with Crippen LogP contribution in [0.15, 0.2) is 18.2 Å². The molecule has 0 amide bonds. The largest absolute Gasteiger partial charge is 0.497 e. The van der Waals surface area contributed by atoms with Gasteiger partial charge in [-0.3, -0.25) is 0 Å². The smallest absolute Gasteiger partial charge is 0.119 e. The molecule has 100 valence electrons. The van der Waals surface area contributed by atoms with Crippen molar-refractivity contribution in [1.29, 1.82) is 0 Å². The Kier molecular flexibility index (Phi) is 4.95. The van der Waals surface area contributed by atoms with Gasteiger partial charge in [0.25, 0.3) is 0 Å². The first kappa shape index (κ1) is 13.8. The van der Waals surface area contributed by atoms with Crippen LogP contribution in [0.25, 0.3) is 0 Å². The van der Waals surface area contributed by atoms with Crippen molar-refractivity contribution in [3.05, 3.63) is 29.3 Å². The van der Waals surface area contributed by atoms with Crippen LogP contribution in [-0.2, 0) is 6.42 Å². The number of hydrogen-bond acceptors (Lipinski definition) is 3. The molecule has 0 radical (unpaired) electrons. The Hall–Kier alpha value is -0.670. The monoisotopic (exact) mass is 265 g/mol. The molecule has 0 heterocycles. The van der Waals surface area contributed by atoms with Gasteiger partial charge in [0.2, 0.25) is 0 Å². The SMILES string of the molecule is COc1ccc2c(c1)CCCC2NC(C)CSC. The maximum Gasteiger partial charge on any atom is 0.119 e. The Morgan fingerprint density at radius 3 is 3.06 bits per heavy atom. The molecular formula is C15H23NOS. The Balaban J connectivity index is 2.12. The van der Waals surface area contributed by atoms with E-state index in [1.54, 1.807) is 7.11 Å². The van der Waals surface area contributed by atoms with E-state index in [-0.39, 0.29) is 0 Å². The number of methoxy groups -OCH3 is 1. The van der Waals surface area contributed by atoms with E-state index < -0.39 is 0 Å². The molecule has 2 nitrogen and oxygen atoms in total. The first-order valence-corrected chi connectivity index (χ1v) is 8.05. The highest BCUT2D eigenvalue weighted by Gasteiger charge is 2.21. The first-order chi connectivity index (χ1) is 8.74. The Bertz CT molecular complexity index is 394. The number of fused-ring (bicyclic) bond motifs is 1. The lowest BCUT2D eigenvalue weighted by Crippen LogP contribution is -2.34. The summed E-state index contributed by atoms with van der Waals surface area (Å²) < 4.78 is 5.31. The standard InChI is InChI=1S/C15H23NOS/c1-11(10-18-3)16-15-6-4-5-12-9-13(17-2)7-8-14(12)15/h7-9,11,15-16H,4-6,10H2,1-3H3. The molecule has 0 bridgehead atoms. The lowest BCUT2D eigenvalue weighted by molar-refractivity contribution is 0.406. The van der Waals surface area contributed by atoms with Crippen LogP contribution < -0.4 is 10.1 Å². The molecular weight excluding hydrogens is 242 g/mol. The summed E-state index contributed by atoms with van der Waals surface area (Å²) in [5.74, 6) is 2.15. The van der Waals surface area contributed by atoms with E-state index in [0.29, 0.717) is 12.1 Å². The Morgan fingerprint density at radius 2 is 2.33 bits per heavy atom. The molecule has 2 rings (SSSR count). The highest BCUT2D eigenvalue weighted by Crippen LogP contribution is 2.32. The predicted octanol–water partition coefficient (Wildman–Crippen LogP) is 3.41.